The summed E-state index contributed by atoms with van der Waals surface area (Å²) in [4.78, 5) is 10.4. The van der Waals surface area contributed by atoms with E-state index in [0.29, 0.717) is 6.42 Å². The van der Waals surface area contributed by atoms with Crippen LogP contribution in [0.2, 0.25) is 0 Å². The molecule has 0 unspecified atom stereocenters. The Morgan fingerprint density at radius 1 is 1.00 bits per heavy atom. The van der Waals surface area contributed by atoms with Gasteiger partial charge in [-0.2, -0.15) is 0 Å². The Morgan fingerprint density at radius 3 is 2.38 bits per heavy atom. The van der Waals surface area contributed by atoms with Gasteiger partial charge in [0.15, 0.2) is 0 Å². The molecule has 0 aromatic heterocycles. The summed E-state index contributed by atoms with van der Waals surface area (Å²) in [5.74, 6) is -0.252. The van der Waals surface area contributed by atoms with Crippen LogP contribution in [0.1, 0.15) is 5.56 Å². The summed E-state index contributed by atoms with van der Waals surface area (Å²) in [6.07, 6.45) is 1.26. The minimum atomic E-state index is -0.252. The topological polar surface area (TPSA) is 17.1 Å². The maximum atomic E-state index is 13.0. The van der Waals surface area contributed by atoms with E-state index in [9.17, 15) is 9.18 Å². The Morgan fingerprint density at radius 2 is 1.69 bits per heavy atom. The summed E-state index contributed by atoms with van der Waals surface area (Å²) >= 11 is 0. The third-order valence-electron chi connectivity index (χ3n) is 2.40. The van der Waals surface area contributed by atoms with Crippen molar-refractivity contribution < 1.29 is 9.18 Å². The molecular weight excluding hydrogens is 203 g/mol. The van der Waals surface area contributed by atoms with Crippen LogP contribution in [0, 0.1) is 5.82 Å². The molecule has 0 aliphatic heterocycles. The predicted octanol–water partition coefficient (Wildman–Crippen LogP) is 3.23. The zero-order chi connectivity index (χ0) is 11.4. The summed E-state index contributed by atoms with van der Waals surface area (Å²) in [5.41, 5.74) is 2.70. The molecule has 0 aliphatic rings. The van der Waals surface area contributed by atoms with Crippen molar-refractivity contribution >= 4 is 6.29 Å². The second-order valence-electron chi connectivity index (χ2n) is 3.58. The Bertz CT molecular complexity index is 506. The molecule has 0 aliphatic carbocycles. The first-order valence-electron chi connectivity index (χ1n) is 5.08. The van der Waals surface area contributed by atoms with Crippen LogP contribution in [0.25, 0.3) is 11.1 Å². The van der Waals surface area contributed by atoms with Crippen LogP contribution in [-0.4, -0.2) is 6.29 Å². The molecule has 0 heterocycles. The first-order chi connectivity index (χ1) is 7.79. The van der Waals surface area contributed by atoms with Gasteiger partial charge >= 0.3 is 0 Å². The van der Waals surface area contributed by atoms with Gasteiger partial charge in [0.25, 0.3) is 0 Å². The summed E-state index contributed by atoms with van der Waals surface area (Å²) < 4.78 is 13.0. The first-order valence-corrected chi connectivity index (χ1v) is 5.08. The lowest BCUT2D eigenvalue weighted by Crippen LogP contribution is -1.87. The molecule has 0 saturated heterocycles. The lowest BCUT2D eigenvalue weighted by Gasteiger charge is -2.03. The second kappa shape index (κ2) is 4.71. The summed E-state index contributed by atoms with van der Waals surface area (Å²) in [5, 5.41) is 0. The molecule has 0 N–H and O–H groups in total. The fraction of sp³-hybridized carbons (Fsp3) is 0.0714. The van der Waals surface area contributed by atoms with E-state index in [2.05, 4.69) is 0 Å². The van der Waals surface area contributed by atoms with E-state index in [1.54, 1.807) is 6.07 Å². The van der Waals surface area contributed by atoms with Gasteiger partial charge in [0, 0.05) is 6.42 Å². The van der Waals surface area contributed by atoms with Crippen molar-refractivity contribution in [2.45, 2.75) is 6.42 Å². The highest BCUT2D eigenvalue weighted by Crippen LogP contribution is 2.21. The standard InChI is InChI=1S/C14H11FO/c15-14-6-2-5-13(10-14)12-4-1-3-11(9-12)7-8-16/h1-6,8-10H,7H2. The average Bonchev–Trinajstić information content (AvgIpc) is 2.30. The quantitative estimate of drug-likeness (QED) is 0.717. The van der Waals surface area contributed by atoms with Gasteiger partial charge in [-0.05, 0) is 28.8 Å². The minimum absolute atomic E-state index is 0.252. The molecule has 1 nitrogen and oxygen atoms in total. The normalized spacial score (nSPS) is 10.1. The van der Waals surface area contributed by atoms with Crippen molar-refractivity contribution in [1.82, 2.24) is 0 Å². The summed E-state index contributed by atoms with van der Waals surface area (Å²) in [6, 6.07) is 14.0. The second-order valence-corrected chi connectivity index (χ2v) is 3.58. The molecule has 0 bridgehead atoms. The van der Waals surface area contributed by atoms with Crippen LogP contribution in [0.15, 0.2) is 48.5 Å². The molecule has 80 valence electrons. The van der Waals surface area contributed by atoms with E-state index in [1.807, 2.05) is 30.3 Å². The summed E-state index contributed by atoms with van der Waals surface area (Å²) in [6.45, 7) is 0. The molecule has 2 aromatic carbocycles. The van der Waals surface area contributed by atoms with Gasteiger partial charge in [-0.1, -0.05) is 36.4 Å². The highest BCUT2D eigenvalue weighted by Gasteiger charge is 2.00. The van der Waals surface area contributed by atoms with Crippen molar-refractivity contribution in [2.24, 2.45) is 0 Å². The lowest BCUT2D eigenvalue weighted by molar-refractivity contribution is -0.107. The Labute approximate surface area is 93.5 Å². The molecule has 0 radical (unpaired) electrons. The van der Waals surface area contributed by atoms with Crippen molar-refractivity contribution in [3.63, 3.8) is 0 Å². The molecule has 2 rings (SSSR count). The number of aldehydes is 1. The Balaban J connectivity index is 2.40. The lowest BCUT2D eigenvalue weighted by atomic mass is 10.0. The zero-order valence-electron chi connectivity index (χ0n) is 8.69. The fourth-order valence-electron chi connectivity index (χ4n) is 1.64. The summed E-state index contributed by atoms with van der Waals surface area (Å²) in [7, 11) is 0. The minimum Gasteiger partial charge on any atom is -0.303 e. The molecule has 16 heavy (non-hydrogen) atoms. The van der Waals surface area contributed by atoms with Gasteiger partial charge in [-0.15, -0.1) is 0 Å². The van der Waals surface area contributed by atoms with Crippen molar-refractivity contribution in [3.05, 3.63) is 59.9 Å². The van der Waals surface area contributed by atoms with Crippen LogP contribution in [0.4, 0.5) is 4.39 Å². The van der Waals surface area contributed by atoms with Gasteiger partial charge in [-0.3, -0.25) is 0 Å². The fourth-order valence-corrected chi connectivity index (χ4v) is 1.64. The number of hydrogen-bond donors (Lipinski definition) is 0. The average molecular weight is 214 g/mol. The van der Waals surface area contributed by atoms with Crippen molar-refractivity contribution in [1.29, 1.82) is 0 Å². The van der Waals surface area contributed by atoms with Gasteiger partial charge in [0.2, 0.25) is 0 Å². The van der Waals surface area contributed by atoms with Crippen LogP contribution in [-0.2, 0) is 11.2 Å². The zero-order valence-corrected chi connectivity index (χ0v) is 8.69. The maximum Gasteiger partial charge on any atom is 0.124 e. The van der Waals surface area contributed by atoms with Crippen LogP contribution in [0.5, 0.6) is 0 Å². The number of carbonyl (C=O) groups excluding carboxylic acids is 1. The van der Waals surface area contributed by atoms with E-state index in [4.69, 9.17) is 0 Å². The van der Waals surface area contributed by atoms with Gasteiger partial charge in [0.05, 0.1) is 0 Å². The monoisotopic (exact) mass is 214 g/mol. The van der Waals surface area contributed by atoms with Gasteiger partial charge < -0.3 is 4.79 Å². The highest BCUT2D eigenvalue weighted by molar-refractivity contribution is 5.65. The number of rotatable bonds is 3. The molecule has 2 aromatic rings. The van der Waals surface area contributed by atoms with E-state index in [0.717, 1.165) is 23.0 Å². The Hall–Kier alpha value is -1.96. The molecular formula is C14H11FO. The van der Waals surface area contributed by atoms with E-state index in [-0.39, 0.29) is 5.82 Å². The number of halogens is 1. The largest absolute Gasteiger partial charge is 0.303 e. The van der Waals surface area contributed by atoms with Gasteiger partial charge in [-0.25, -0.2) is 4.39 Å². The van der Waals surface area contributed by atoms with Crippen molar-refractivity contribution in [2.75, 3.05) is 0 Å². The Kier molecular flexibility index (Phi) is 3.10. The smallest absolute Gasteiger partial charge is 0.124 e. The van der Waals surface area contributed by atoms with E-state index >= 15 is 0 Å². The number of carbonyl (C=O) groups is 1. The molecule has 0 saturated carbocycles. The van der Waals surface area contributed by atoms with Gasteiger partial charge in [0.1, 0.15) is 12.1 Å². The third-order valence-corrected chi connectivity index (χ3v) is 2.40. The third kappa shape index (κ3) is 2.34. The number of hydrogen-bond acceptors (Lipinski definition) is 1. The molecule has 0 spiro atoms. The van der Waals surface area contributed by atoms with E-state index in [1.165, 1.54) is 12.1 Å². The molecule has 0 fully saturated rings. The molecule has 2 heteroatoms. The first kappa shape index (κ1) is 10.6. The maximum absolute atomic E-state index is 13.0. The highest BCUT2D eigenvalue weighted by atomic mass is 19.1. The van der Waals surface area contributed by atoms with Crippen LogP contribution >= 0.6 is 0 Å². The SMILES string of the molecule is O=CCc1cccc(-c2cccc(F)c2)c1. The van der Waals surface area contributed by atoms with Crippen LogP contribution < -0.4 is 0 Å². The molecule has 0 amide bonds. The predicted molar refractivity (Wildman–Crippen MR) is 61.6 cm³/mol. The van der Waals surface area contributed by atoms with Crippen molar-refractivity contribution in [3.8, 4) is 11.1 Å². The van der Waals surface area contributed by atoms with E-state index < -0.39 is 0 Å². The number of benzene rings is 2. The van der Waals surface area contributed by atoms with Crippen LogP contribution in [0.3, 0.4) is 0 Å². The molecule has 0 atom stereocenters.